The van der Waals surface area contributed by atoms with Gasteiger partial charge in [0.25, 0.3) is 0 Å². The number of rotatable bonds is 5. The first kappa shape index (κ1) is 20.0. The molecule has 1 atom stereocenters. The van der Waals surface area contributed by atoms with Crippen LogP contribution >= 0.6 is 0 Å². The van der Waals surface area contributed by atoms with Crippen molar-refractivity contribution in [1.29, 1.82) is 0 Å². The van der Waals surface area contributed by atoms with Gasteiger partial charge in [-0.15, -0.1) is 0 Å². The quantitative estimate of drug-likeness (QED) is 0.571. The third-order valence-corrected chi connectivity index (χ3v) is 4.98. The number of benzene rings is 2. The highest BCUT2D eigenvalue weighted by Gasteiger charge is 2.22. The molecule has 148 valence electrons. The number of nitrogens with one attached hydrogen (secondary N) is 2. The zero-order chi connectivity index (χ0) is 20.5. The van der Waals surface area contributed by atoms with E-state index in [-0.39, 0.29) is 17.3 Å². The van der Waals surface area contributed by atoms with Crippen LogP contribution in [0.3, 0.4) is 0 Å². The van der Waals surface area contributed by atoms with Gasteiger partial charge >= 0.3 is 0 Å². The molecule has 3 aromatic rings. The van der Waals surface area contributed by atoms with E-state index in [1.54, 1.807) is 0 Å². The van der Waals surface area contributed by atoms with Gasteiger partial charge in [0, 0.05) is 23.7 Å². The lowest BCUT2D eigenvalue weighted by molar-refractivity contribution is 0.359. The van der Waals surface area contributed by atoms with Crippen LogP contribution in [0.5, 0.6) is 0 Å². The molecule has 0 aliphatic heterocycles. The highest BCUT2D eigenvalue weighted by atomic mass is 19.1. The molecule has 0 aliphatic carbocycles. The third-order valence-electron chi connectivity index (χ3n) is 4.98. The minimum atomic E-state index is -0.300. The largest absolute Gasteiger partial charge is 0.366 e. The predicted molar refractivity (Wildman–Crippen MR) is 114 cm³/mol. The molecule has 28 heavy (non-hydrogen) atoms. The minimum absolute atomic E-state index is 0.0516. The van der Waals surface area contributed by atoms with Gasteiger partial charge in [-0.05, 0) is 54.7 Å². The molecule has 4 N–H and O–H groups in total. The standard InChI is InChI=1S/C22H28FN5/c1-13-9-16(23)11-17(10-13)26-21-27-19-15(12-24)7-6-8-18(19)20(28-21)25-14(2)22(3,4)5/h6-11,14H,12,24H2,1-5H3,(H2,25,26,27,28)/t14-/m1/s1. The lowest BCUT2D eigenvalue weighted by atomic mass is 9.88. The second-order valence-corrected chi connectivity index (χ2v) is 8.29. The molecule has 0 amide bonds. The number of nitrogens with zero attached hydrogens (tertiary/aromatic N) is 2. The maximum atomic E-state index is 13.8. The fourth-order valence-electron chi connectivity index (χ4n) is 2.90. The Kier molecular flexibility index (Phi) is 5.52. The van der Waals surface area contributed by atoms with Crippen LogP contribution in [0.15, 0.2) is 36.4 Å². The lowest BCUT2D eigenvalue weighted by Gasteiger charge is -2.29. The lowest BCUT2D eigenvalue weighted by Crippen LogP contribution is -2.31. The molecule has 0 spiro atoms. The van der Waals surface area contributed by atoms with Crippen LogP contribution in [0.1, 0.15) is 38.8 Å². The van der Waals surface area contributed by atoms with E-state index >= 15 is 0 Å². The smallest absolute Gasteiger partial charge is 0.229 e. The van der Waals surface area contributed by atoms with Crippen LogP contribution in [-0.2, 0) is 6.54 Å². The van der Waals surface area contributed by atoms with Gasteiger partial charge in [0.1, 0.15) is 11.6 Å². The number of aromatic nitrogens is 2. The fourth-order valence-corrected chi connectivity index (χ4v) is 2.90. The highest BCUT2D eigenvalue weighted by Crippen LogP contribution is 2.29. The number of nitrogens with two attached hydrogens (primary N) is 1. The molecular formula is C22H28FN5. The average molecular weight is 381 g/mol. The Balaban J connectivity index is 2.10. The Hall–Kier alpha value is -2.73. The third kappa shape index (κ3) is 4.39. The summed E-state index contributed by atoms with van der Waals surface area (Å²) < 4.78 is 13.8. The van der Waals surface area contributed by atoms with Crippen LogP contribution in [0.2, 0.25) is 0 Å². The summed E-state index contributed by atoms with van der Waals surface area (Å²) in [6.45, 7) is 10.9. The van der Waals surface area contributed by atoms with Crippen molar-refractivity contribution < 1.29 is 4.39 Å². The molecule has 3 rings (SSSR count). The first-order valence-electron chi connectivity index (χ1n) is 9.48. The summed E-state index contributed by atoms with van der Waals surface area (Å²) in [5.74, 6) is 0.839. The normalized spacial score (nSPS) is 12.8. The van der Waals surface area contributed by atoms with Gasteiger partial charge in [0.05, 0.1) is 5.52 Å². The van der Waals surface area contributed by atoms with Crippen molar-refractivity contribution in [3.05, 3.63) is 53.3 Å². The van der Waals surface area contributed by atoms with E-state index in [1.807, 2.05) is 31.2 Å². The summed E-state index contributed by atoms with van der Waals surface area (Å²) in [4.78, 5) is 9.35. The summed E-state index contributed by atoms with van der Waals surface area (Å²) in [7, 11) is 0. The van der Waals surface area contributed by atoms with Gasteiger partial charge in [0.2, 0.25) is 5.95 Å². The zero-order valence-electron chi connectivity index (χ0n) is 17.1. The Bertz CT molecular complexity index is 974. The van der Waals surface area contributed by atoms with Gasteiger partial charge in [-0.1, -0.05) is 32.9 Å². The first-order chi connectivity index (χ1) is 13.2. The van der Waals surface area contributed by atoms with Crippen molar-refractivity contribution in [3.8, 4) is 0 Å². The highest BCUT2D eigenvalue weighted by molar-refractivity contribution is 5.92. The van der Waals surface area contributed by atoms with Gasteiger partial charge < -0.3 is 16.4 Å². The molecule has 5 nitrogen and oxygen atoms in total. The monoisotopic (exact) mass is 381 g/mol. The molecule has 2 aromatic carbocycles. The SMILES string of the molecule is Cc1cc(F)cc(Nc2nc(N[C@H](C)C(C)(C)C)c3cccc(CN)c3n2)c1. The van der Waals surface area contributed by atoms with Crippen molar-refractivity contribution >= 4 is 28.4 Å². The number of anilines is 3. The number of hydrogen-bond donors (Lipinski definition) is 3. The van der Waals surface area contributed by atoms with E-state index in [1.165, 1.54) is 12.1 Å². The van der Waals surface area contributed by atoms with Crippen LogP contribution in [0.4, 0.5) is 21.8 Å². The Morgan fingerprint density at radius 1 is 1.14 bits per heavy atom. The van der Waals surface area contributed by atoms with Gasteiger partial charge in [-0.3, -0.25) is 0 Å². The van der Waals surface area contributed by atoms with E-state index < -0.39 is 0 Å². The van der Waals surface area contributed by atoms with Gasteiger partial charge in [-0.25, -0.2) is 9.37 Å². The van der Waals surface area contributed by atoms with Crippen LogP contribution in [0.25, 0.3) is 10.9 Å². The summed E-state index contributed by atoms with van der Waals surface area (Å²) in [5, 5.41) is 7.57. The molecular weight excluding hydrogens is 353 g/mol. The van der Waals surface area contributed by atoms with Crippen molar-refractivity contribution in [2.45, 2.75) is 47.2 Å². The molecule has 1 aromatic heterocycles. The van der Waals surface area contributed by atoms with Crippen LogP contribution in [0, 0.1) is 18.2 Å². The summed E-state index contributed by atoms with van der Waals surface area (Å²) >= 11 is 0. The summed E-state index contributed by atoms with van der Waals surface area (Å²) in [6, 6.07) is 10.9. The van der Waals surface area contributed by atoms with E-state index in [2.05, 4.69) is 48.3 Å². The second-order valence-electron chi connectivity index (χ2n) is 8.29. The molecule has 0 aliphatic rings. The topological polar surface area (TPSA) is 75.9 Å². The number of hydrogen-bond acceptors (Lipinski definition) is 5. The van der Waals surface area contributed by atoms with Crippen molar-refractivity contribution in [3.63, 3.8) is 0 Å². The Morgan fingerprint density at radius 3 is 2.54 bits per heavy atom. The molecule has 0 bridgehead atoms. The Labute approximate surface area is 165 Å². The number of para-hydroxylation sites is 1. The Morgan fingerprint density at radius 2 is 1.89 bits per heavy atom. The second kappa shape index (κ2) is 7.72. The van der Waals surface area contributed by atoms with Gasteiger partial charge in [0.15, 0.2) is 0 Å². The minimum Gasteiger partial charge on any atom is -0.366 e. The maximum Gasteiger partial charge on any atom is 0.229 e. The summed E-state index contributed by atoms with van der Waals surface area (Å²) in [5.41, 5.74) is 9.14. The van der Waals surface area contributed by atoms with Crippen molar-refractivity contribution in [1.82, 2.24) is 9.97 Å². The molecule has 0 unspecified atom stereocenters. The van der Waals surface area contributed by atoms with Crippen molar-refractivity contribution in [2.75, 3.05) is 10.6 Å². The van der Waals surface area contributed by atoms with E-state index in [9.17, 15) is 4.39 Å². The molecule has 6 heteroatoms. The van der Waals surface area contributed by atoms with Gasteiger partial charge in [-0.2, -0.15) is 4.98 Å². The van der Waals surface area contributed by atoms with Crippen molar-refractivity contribution in [2.24, 2.45) is 11.1 Å². The number of aryl methyl sites for hydroxylation is 1. The number of fused-ring (bicyclic) bond motifs is 1. The molecule has 0 fully saturated rings. The van der Waals surface area contributed by atoms with E-state index in [0.29, 0.717) is 18.2 Å². The molecule has 1 heterocycles. The fraction of sp³-hybridized carbons (Fsp3) is 0.364. The maximum absolute atomic E-state index is 13.8. The van der Waals surface area contributed by atoms with Crippen LogP contribution in [-0.4, -0.2) is 16.0 Å². The summed E-state index contributed by atoms with van der Waals surface area (Å²) in [6.07, 6.45) is 0. The zero-order valence-corrected chi connectivity index (χ0v) is 17.1. The van der Waals surface area contributed by atoms with E-state index in [4.69, 9.17) is 5.73 Å². The molecule has 0 saturated carbocycles. The van der Waals surface area contributed by atoms with Crippen LogP contribution < -0.4 is 16.4 Å². The van der Waals surface area contributed by atoms with E-state index in [0.717, 1.165) is 27.8 Å². The average Bonchev–Trinajstić information content (AvgIpc) is 2.59. The molecule has 0 saturated heterocycles. The first-order valence-corrected chi connectivity index (χ1v) is 9.48. The molecule has 0 radical (unpaired) electrons. The number of halogens is 1. The predicted octanol–water partition coefficient (Wildman–Crippen LogP) is 5.13.